The first kappa shape index (κ1) is 19.0. The maximum absolute atomic E-state index is 11.7. The van der Waals surface area contributed by atoms with E-state index < -0.39 is 5.97 Å². The maximum Gasteiger partial charge on any atom is 0.335 e. The second-order valence-electron chi connectivity index (χ2n) is 5.64. The molecule has 2 amide bonds. The Bertz CT molecular complexity index is 500. The van der Waals surface area contributed by atoms with Gasteiger partial charge in [-0.1, -0.05) is 26.0 Å². The van der Waals surface area contributed by atoms with E-state index in [1.165, 1.54) is 12.1 Å². The van der Waals surface area contributed by atoms with Crippen molar-refractivity contribution in [2.75, 3.05) is 13.2 Å². The average molecular weight is 322 g/mol. The Labute approximate surface area is 137 Å². The van der Waals surface area contributed by atoms with Gasteiger partial charge < -0.3 is 20.5 Å². The second kappa shape index (κ2) is 9.84. The zero-order valence-corrected chi connectivity index (χ0v) is 14.0. The Morgan fingerprint density at radius 2 is 1.83 bits per heavy atom. The molecular weight excluding hydrogens is 296 g/mol. The third kappa shape index (κ3) is 7.15. The molecule has 0 saturated carbocycles. The van der Waals surface area contributed by atoms with Gasteiger partial charge in [0, 0.05) is 19.7 Å². The van der Waals surface area contributed by atoms with Crippen molar-refractivity contribution in [3.8, 4) is 0 Å². The zero-order valence-electron chi connectivity index (χ0n) is 14.0. The van der Waals surface area contributed by atoms with E-state index in [1.807, 2.05) is 6.92 Å². The van der Waals surface area contributed by atoms with Crippen LogP contribution in [0.1, 0.15) is 43.1 Å². The van der Waals surface area contributed by atoms with E-state index in [4.69, 9.17) is 9.84 Å². The number of hydrogen-bond acceptors (Lipinski definition) is 3. The van der Waals surface area contributed by atoms with Gasteiger partial charge in [0.05, 0.1) is 11.7 Å². The summed E-state index contributed by atoms with van der Waals surface area (Å²) in [4.78, 5) is 22.5. The highest BCUT2D eigenvalue weighted by Crippen LogP contribution is 2.10. The molecule has 0 heterocycles. The van der Waals surface area contributed by atoms with Crippen molar-refractivity contribution in [3.63, 3.8) is 0 Å². The molecule has 0 aromatic heterocycles. The van der Waals surface area contributed by atoms with Gasteiger partial charge in [-0.3, -0.25) is 0 Å². The van der Waals surface area contributed by atoms with E-state index in [-0.39, 0.29) is 17.7 Å². The lowest BCUT2D eigenvalue weighted by Crippen LogP contribution is -2.37. The van der Waals surface area contributed by atoms with Crippen LogP contribution in [-0.2, 0) is 11.3 Å². The fourth-order valence-electron chi connectivity index (χ4n) is 2.16. The summed E-state index contributed by atoms with van der Waals surface area (Å²) < 4.78 is 5.63. The van der Waals surface area contributed by atoms with Crippen LogP contribution in [0, 0.1) is 5.92 Å². The molecule has 0 saturated heterocycles. The molecule has 1 unspecified atom stereocenters. The highest BCUT2D eigenvalue weighted by atomic mass is 16.5. The number of aromatic carboxylic acids is 1. The van der Waals surface area contributed by atoms with E-state index in [2.05, 4.69) is 24.5 Å². The maximum atomic E-state index is 11.7. The quantitative estimate of drug-likeness (QED) is 0.652. The number of rotatable bonds is 9. The summed E-state index contributed by atoms with van der Waals surface area (Å²) in [5.41, 5.74) is 1.08. The molecule has 0 aliphatic rings. The summed E-state index contributed by atoms with van der Waals surface area (Å²) in [6.07, 6.45) is 0.913. The molecule has 1 aromatic carbocycles. The number of carboxylic acid groups (broad SMARTS) is 1. The highest BCUT2D eigenvalue weighted by molar-refractivity contribution is 5.87. The van der Waals surface area contributed by atoms with Crippen LogP contribution in [0.3, 0.4) is 0 Å². The molecule has 0 bridgehead atoms. The van der Waals surface area contributed by atoms with Crippen LogP contribution in [0.4, 0.5) is 4.79 Å². The van der Waals surface area contributed by atoms with Crippen LogP contribution in [0.5, 0.6) is 0 Å². The monoisotopic (exact) mass is 322 g/mol. The summed E-state index contributed by atoms with van der Waals surface area (Å²) in [5, 5.41) is 14.4. The van der Waals surface area contributed by atoms with Crippen molar-refractivity contribution in [3.05, 3.63) is 35.4 Å². The molecule has 1 rings (SSSR count). The van der Waals surface area contributed by atoms with Gasteiger partial charge in [-0.25, -0.2) is 9.59 Å². The van der Waals surface area contributed by atoms with Crippen LogP contribution in [0.25, 0.3) is 0 Å². The molecule has 23 heavy (non-hydrogen) atoms. The average Bonchev–Trinajstić information content (AvgIpc) is 2.52. The second-order valence-corrected chi connectivity index (χ2v) is 5.64. The van der Waals surface area contributed by atoms with Gasteiger partial charge in [0.15, 0.2) is 0 Å². The number of carbonyl (C=O) groups is 2. The first-order chi connectivity index (χ1) is 10.9. The molecule has 0 aliphatic carbocycles. The third-order valence-corrected chi connectivity index (χ3v) is 3.49. The molecule has 1 aromatic rings. The molecular formula is C17H26N2O4. The van der Waals surface area contributed by atoms with Crippen molar-refractivity contribution in [1.29, 1.82) is 0 Å². The minimum Gasteiger partial charge on any atom is -0.478 e. The summed E-state index contributed by atoms with van der Waals surface area (Å²) in [7, 11) is 0. The minimum atomic E-state index is -0.962. The fraction of sp³-hybridized carbons (Fsp3) is 0.529. The minimum absolute atomic E-state index is 0.142. The smallest absolute Gasteiger partial charge is 0.335 e. The zero-order chi connectivity index (χ0) is 17.2. The lowest BCUT2D eigenvalue weighted by molar-refractivity contribution is 0.0255. The molecule has 0 fully saturated rings. The predicted molar refractivity (Wildman–Crippen MR) is 88.5 cm³/mol. The number of urea groups is 1. The standard InChI is InChI=1S/C17H26N2O4/c1-4-23-15(12(2)3)9-10-18-17(22)19-11-13-5-7-14(8-6-13)16(20)21/h5-8,12,15H,4,9-11H2,1-3H3,(H,20,21)(H2,18,19,22). The molecule has 6 nitrogen and oxygen atoms in total. The summed E-state index contributed by atoms with van der Waals surface area (Å²) in [6, 6.07) is 6.17. The summed E-state index contributed by atoms with van der Waals surface area (Å²) in [5.74, 6) is -0.552. The first-order valence-corrected chi connectivity index (χ1v) is 7.89. The van der Waals surface area contributed by atoms with Gasteiger partial charge in [0.1, 0.15) is 0 Å². The van der Waals surface area contributed by atoms with Gasteiger partial charge >= 0.3 is 12.0 Å². The van der Waals surface area contributed by atoms with Crippen LogP contribution >= 0.6 is 0 Å². The Morgan fingerprint density at radius 3 is 2.35 bits per heavy atom. The molecule has 3 N–H and O–H groups in total. The van der Waals surface area contributed by atoms with E-state index in [0.717, 1.165) is 12.0 Å². The molecule has 0 radical (unpaired) electrons. The number of carboxylic acids is 1. The molecule has 0 spiro atoms. The Kier molecular flexibility index (Phi) is 8.11. The Morgan fingerprint density at radius 1 is 1.17 bits per heavy atom. The third-order valence-electron chi connectivity index (χ3n) is 3.49. The van der Waals surface area contributed by atoms with E-state index in [9.17, 15) is 9.59 Å². The van der Waals surface area contributed by atoms with Gasteiger partial charge in [-0.15, -0.1) is 0 Å². The van der Waals surface area contributed by atoms with Crippen molar-refractivity contribution in [2.45, 2.75) is 39.8 Å². The van der Waals surface area contributed by atoms with E-state index in [0.29, 0.717) is 25.6 Å². The van der Waals surface area contributed by atoms with Crippen molar-refractivity contribution in [1.82, 2.24) is 10.6 Å². The Balaban J connectivity index is 2.30. The largest absolute Gasteiger partial charge is 0.478 e. The van der Waals surface area contributed by atoms with Gasteiger partial charge in [0.25, 0.3) is 0 Å². The van der Waals surface area contributed by atoms with E-state index >= 15 is 0 Å². The first-order valence-electron chi connectivity index (χ1n) is 7.89. The number of hydrogen-bond donors (Lipinski definition) is 3. The number of amides is 2. The van der Waals surface area contributed by atoms with E-state index in [1.54, 1.807) is 12.1 Å². The molecule has 0 aliphatic heterocycles. The predicted octanol–water partition coefficient (Wildman–Crippen LogP) is 2.64. The SMILES string of the molecule is CCOC(CCNC(=O)NCc1ccc(C(=O)O)cc1)C(C)C. The molecule has 1 atom stereocenters. The van der Waals surface area contributed by atoms with Crippen LogP contribution < -0.4 is 10.6 Å². The van der Waals surface area contributed by atoms with Crippen molar-refractivity contribution < 1.29 is 19.4 Å². The topological polar surface area (TPSA) is 87.7 Å². The van der Waals surface area contributed by atoms with Crippen LogP contribution in [0.2, 0.25) is 0 Å². The van der Waals surface area contributed by atoms with Crippen molar-refractivity contribution >= 4 is 12.0 Å². The number of ether oxygens (including phenoxy) is 1. The lowest BCUT2D eigenvalue weighted by Gasteiger charge is -2.20. The lowest BCUT2D eigenvalue weighted by atomic mass is 10.0. The fourth-order valence-corrected chi connectivity index (χ4v) is 2.16. The van der Waals surface area contributed by atoms with Gasteiger partial charge in [-0.05, 0) is 37.0 Å². The normalized spacial score (nSPS) is 12.0. The van der Waals surface area contributed by atoms with Crippen molar-refractivity contribution in [2.24, 2.45) is 5.92 Å². The van der Waals surface area contributed by atoms with Gasteiger partial charge in [-0.2, -0.15) is 0 Å². The highest BCUT2D eigenvalue weighted by Gasteiger charge is 2.13. The molecule has 128 valence electrons. The summed E-state index contributed by atoms with van der Waals surface area (Å²) >= 11 is 0. The molecule has 6 heteroatoms. The number of benzene rings is 1. The Hall–Kier alpha value is -2.08. The number of carbonyl (C=O) groups excluding carboxylic acids is 1. The van der Waals surface area contributed by atoms with Crippen LogP contribution in [0.15, 0.2) is 24.3 Å². The van der Waals surface area contributed by atoms with Crippen LogP contribution in [-0.4, -0.2) is 36.4 Å². The number of nitrogens with one attached hydrogen (secondary N) is 2. The van der Waals surface area contributed by atoms with Gasteiger partial charge in [0.2, 0.25) is 0 Å². The summed E-state index contributed by atoms with van der Waals surface area (Å²) in [6.45, 7) is 7.73.